The van der Waals surface area contributed by atoms with Crippen LogP contribution >= 0.6 is 23.5 Å². The van der Waals surface area contributed by atoms with Crippen LogP contribution in [0.15, 0.2) is 128 Å². The summed E-state index contributed by atoms with van der Waals surface area (Å²) in [5.41, 5.74) is 9.81. The molecule has 0 aromatic heterocycles. The predicted octanol–water partition coefficient (Wildman–Crippen LogP) is 13.3. The smallest absolute Gasteiger partial charge is 0.252 e. The third-order valence-electron chi connectivity index (χ3n) is 8.77. The van der Waals surface area contributed by atoms with Crippen molar-refractivity contribution in [1.29, 1.82) is 0 Å². The standard InChI is InChI=1S/C47H66N2O2S2/c1-36(2)18-13-20-38(5)22-15-24-40(7)30-34-52-44-28-11-9-26-42(44)46(50)48-32-17-33-49-47(51)43-27-10-12-29-45(43)53-35-31-41(8)25-16-23-39(6)21-14-19-37(3)4/h9-12,18-19,22-23,26-31H,13-17,20-21,24-25,32-35H2,1-8H3,(H,48,50)(H,49,51)/b38-22+,39-23+,40-30+,41-31+. The van der Waals surface area contributed by atoms with Gasteiger partial charge < -0.3 is 10.6 Å². The fourth-order valence-corrected chi connectivity index (χ4v) is 7.54. The van der Waals surface area contributed by atoms with E-state index in [4.69, 9.17) is 0 Å². The number of amides is 2. The van der Waals surface area contributed by atoms with Gasteiger partial charge in [0.2, 0.25) is 0 Å². The summed E-state index contributed by atoms with van der Waals surface area (Å²) in [6.45, 7) is 18.4. The Kier molecular flexibility index (Phi) is 23.4. The van der Waals surface area contributed by atoms with Crippen LogP contribution in [0.2, 0.25) is 0 Å². The van der Waals surface area contributed by atoms with Crippen LogP contribution < -0.4 is 10.6 Å². The van der Waals surface area contributed by atoms with Gasteiger partial charge in [-0.3, -0.25) is 9.59 Å². The van der Waals surface area contributed by atoms with Crippen molar-refractivity contribution >= 4 is 35.3 Å². The van der Waals surface area contributed by atoms with E-state index in [1.807, 2.05) is 48.5 Å². The van der Waals surface area contributed by atoms with Gasteiger partial charge in [0.15, 0.2) is 0 Å². The second kappa shape index (κ2) is 27.2. The lowest BCUT2D eigenvalue weighted by atomic mass is 10.1. The molecule has 4 nitrogen and oxygen atoms in total. The van der Waals surface area contributed by atoms with E-state index >= 15 is 0 Å². The maximum atomic E-state index is 13.1. The number of hydrogen-bond acceptors (Lipinski definition) is 4. The molecular weight excluding hydrogens is 689 g/mol. The highest BCUT2D eigenvalue weighted by atomic mass is 32.2. The summed E-state index contributed by atoms with van der Waals surface area (Å²) < 4.78 is 0. The van der Waals surface area contributed by atoms with E-state index in [0.717, 1.165) is 72.7 Å². The molecule has 0 spiro atoms. The van der Waals surface area contributed by atoms with Gasteiger partial charge in [-0.05, 0) is 137 Å². The second-order valence-electron chi connectivity index (χ2n) is 14.4. The maximum absolute atomic E-state index is 13.1. The zero-order valence-electron chi connectivity index (χ0n) is 33.9. The minimum Gasteiger partial charge on any atom is -0.352 e. The van der Waals surface area contributed by atoms with Crippen molar-refractivity contribution < 1.29 is 9.59 Å². The molecule has 2 aromatic rings. The zero-order valence-corrected chi connectivity index (χ0v) is 35.5. The molecule has 0 fully saturated rings. The molecule has 2 aromatic carbocycles. The molecule has 2 rings (SSSR count). The summed E-state index contributed by atoms with van der Waals surface area (Å²) in [4.78, 5) is 28.1. The molecule has 53 heavy (non-hydrogen) atoms. The van der Waals surface area contributed by atoms with Crippen LogP contribution in [0, 0.1) is 0 Å². The molecule has 6 heteroatoms. The van der Waals surface area contributed by atoms with E-state index in [9.17, 15) is 9.59 Å². The van der Waals surface area contributed by atoms with E-state index in [1.54, 1.807) is 23.5 Å². The van der Waals surface area contributed by atoms with Crippen molar-refractivity contribution in [3.8, 4) is 0 Å². The first-order valence-corrected chi connectivity index (χ1v) is 21.3. The van der Waals surface area contributed by atoms with E-state index in [0.29, 0.717) is 30.6 Å². The minimum absolute atomic E-state index is 0.0791. The number of thioether (sulfide) groups is 2. The highest BCUT2D eigenvalue weighted by Gasteiger charge is 2.12. The summed E-state index contributed by atoms with van der Waals surface area (Å²) in [5.74, 6) is 1.50. The topological polar surface area (TPSA) is 58.2 Å². The van der Waals surface area contributed by atoms with Gasteiger partial charge in [0.25, 0.3) is 11.8 Å². The molecule has 0 aliphatic rings. The van der Waals surface area contributed by atoms with Gasteiger partial charge in [-0.1, -0.05) is 94.2 Å². The van der Waals surface area contributed by atoms with Crippen LogP contribution in [0.5, 0.6) is 0 Å². The van der Waals surface area contributed by atoms with Gasteiger partial charge >= 0.3 is 0 Å². The maximum Gasteiger partial charge on any atom is 0.252 e. The summed E-state index contributed by atoms with van der Waals surface area (Å²) in [6, 6.07) is 15.6. The molecule has 0 saturated carbocycles. The van der Waals surface area contributed by atoms with Crippen LogP contribution in [-0.2, 0) is 0 Å². The Morgan fingerprint density at radius 2 is 0.830 bits per heavy atom. The number of allylic oxidation sites excluding steroid dienone is 10. The largest absolute Gasteiger partial charge is 0.352 e. The highest BCUT2D eigenvalue weighted by molar-refractivity contribution is 7.99. The predicted molar refractivity (Wildman–Crippen MR) is 234 cm³/mol. The van der Waals surface area contributed by atoms with Crippen molar-refractivity contribution in [2.45, 2.75) is 123 Å². The van der Waals surface area contributed by atoms with Crippen LogP contribution in [-0.4, -0.2) is 36.4 Å². The van der Waals surface area contributed by atoms with Gasteiger partial charge in [0.05, 0.1) is 11.1 Å². The van der Waals surface area contributed by atoms with Crippen molar-refractivity contribution in [3.05, 3.63) is 130 Å². The van der Waals surface area contributed by atoms with Crippen molar-refractivity contribution in [2.24, 2.45) is 0 Å². The van der Waals surface area contributed by atoms with Gasteiger partial charge in [0.1, 0.15) is 0 Å². The van der Waals surface area contributed by atoms with Crippen molar-refractivity contribution in [3.63, 3.8) is 0 Å². The van der Waals surface area contributed by atoms with E-state index < -0.39 is 0 Å². The minimum atomic E-state index is -0.0791. The van der Waals surface area contributed by atoms with Crippen molar-refractivity contribution in [1.82, 2.24) is 10.6 Å². The van der Waals surface area contributed by atoms with Gasteiger partial charge in [-0.25, -0.2) is 0 Å². The molecule has 0 heterocycles. The summed E-state index contributed by atoms with van der Waals surface area (Å²) in [5, 5.41) is 6.10. The van der Waals surface area contributed by atoms with E-state index in [1.165, 1.54) is 33.4 Å². The van der Waals surface area contributed by atoms with E-state index in [-0.39, 0.29) is 11.8 Å². The normalized spacial score (nSPS) is 12.4. The molecule has 0 radical (unpaired) electrons. The Hall–Kier alpha value is -3.48. The van der Waals surface area contributed by atoms with Gasteiger partial charge in [-0.15, -0.1) is 23.5 Å². The zero-order chi connectivity index (χ0) is 38.8. The Labute approximate surface area is 331 Å². The third kappa shape index (κ3) is 21.1. The molecule has 0 bridgehead atoms. The monoisotopic (exact) mass is 754 g/mol. The second-order valence-corrected chi connectivity index (χ2v) is 16.5. The SMILES string of the molecule is CC(C)=CCC/C(C)=C/CC/C(C)=C/CSc1ccccc1C(=O)NCCCNC(=O)c1ccccc1SC/C=C(\C)CC/C=C(\C)CCC=C(C)C. The Morgan fingerprint density at radius 3 is 1.21 bits per heavy atom. The number of carbonyl (C=O) groups excluding carboxylic acids is 2. The molecular formula is C47H66N2O2S2. The lowest BCUT2D eigenvalue weighted by Gasteiger charge is -2.11. The Balaban J connectivity index is 1.75. The van der Waals surface area contributed by atoms with E-state index in [2.05, 4.69) is 102 Å². The van der Waals surface area contributed by atoms with Crippen LogP contribution in [0.4, 0.5) is 0 Å². The van der Waals surface area contributed by atoms with Crippen LogP contribution in [0.3, 0.4) is 0 Å². The number of nitrogens with one attached hydrogen (secondary N) is 2. The van der Waals surface area contributed by atoms with Crippen LogP contribution in [0.25, 0.3) is 0 Å². The summed E-state index contributed by atoms with van der Waals surface area (Å²) >= 11 is 3.38. The first-order valence-electron chi connectivity index (χ1n) is 19.4. The number of rotatable bonds is 24. The van der Waals surface area contributed by atoms with Crippen LogP contribution in [0.1, 0.15) is 134 Å². The lowest BCUT2D eigenvalue weighted by Crippen LogP contribution is -2.30. The molecule has 2 N–H and O–H groups in total. The highest BCUT2D eigenvalue weighted by Crippen LogP contribution is 2.25. The number of benzene rings is 2. The summed E-state index contributed by atoms with van der Waals surface area (Å²) in [7, 11) is 0. The molecule has 0 aliphatic carbocycles. The first kappa shape index (κ1) is 45.7. The number of hydrogen-bond donors (Lipinski definition) is 2. The molecule has 0 saturated heterocycles. The Morgan fingerprint density at radius 1 is 0.491 bits per heavy atom. The average Bonchev–Trinajstić information content (AvgIpc) is 3.11. The number of carbonyl (C=O) groups is 2. The fraction of sp³-hybridized carbons (Fsp3) is 0.447. The first-order chi connectivity index (χ1) is 25.5. The van der Waals surface area contributed by atoms with Gasteiger partial charge in [0, 0.05) is 34.4 Å². The van der Waals surface area contributed by atoms with Crippen molar-refractivity contribution in [2.75, 3.05) is 24.6 Å². The third-order valence-corrected chi connectivity index (χ3v) is 10.8. The molecule has 288 valence electrons. The molecule has 0 aliphatic heterocycles. The molecule has 2 amide bonds. The Bertz CT molecular complexity index is 1500. The molecule has 0 unspecified atom stereocenters. The lowest BCUT2D eigenvalue weighted by molar-refractivity contribution is 0.0948. The van der Waals surface area contributed by atoms with Gasteiger partial charge in [-0.2, -0.15) is 0 Å². The average molecular weight is 755 g/mol. The molecule has 0 atom stereocenters. The fourth-order valence-electron chi connectivity index (χ4n) is 5.47. The summed E-state index contributed by atoms with van der Waals surface area (Å²) in [6.07, 6.45) is 23.2. The quantitative estimate of drug-likeness (QED) is 0.0636.